The second-order valence-electron chi connectivity index (χ2n) is 6.72. The molecular weight excluding hydrogens is 430 g/mol. The number of nitrogens with one attached hydrogen (secondary N) is 1. The monoisotopic (exact) mass is 451 g/mol. The van der Waals surface area contributed by atoms with Crippen LogP contribution in [0.15, 0.2) is 40.9 Å². The van der Waals surface area contributed by atoms with Crippen molar-refractivity contribution in [3.63, 3.8) is 0 Å². The molecule has 1 heterocycles. The Morgan fingerprint density at radius 2 is 1.93 bits per heavy atom. The molecule has 0 atom stereocenters. The average Bonchev–Trinajstić information content (AvgIpc) is 2.62. The standard InChI is InChI=1S/C20H23BrClN3O2/c1-14-3-6-19(16(21)11-14)27-13-20(26)23-17-12-15(22)4-5-18(17)25-9-7-24(2)8-10-25/h3-6,11-12H,7-10,13H2,1-2H3,(H,23,26). The van der Waals surface area contributed by atoms with Crippen molar-refractivity contribution in [2.75, 3.05) is 50.1 Å². The second kappa shape index (κ2) is 8.95. The van der Waals surface area contributed by atoms with E-state index >= 15 is 0 Å². The molecular formula is C20H23BrClN3O2. The van der Waals surface area contributed by atoms with Crippen molar-refractivity contribution in [1.82, 2.24) is 4.90 Å². The van der Waals surface area contributed by atoms with Crippen LogP contribution < -0.4 is 15.0 Å². The fourth-order valence-corrected chi connectivity index (χ4v) is 3.76. The van der Waals surface area contributed by atoms with Crippen LogP contribution in [0.4, 0.5) is 11.4 Å². The number of carbonyl (C=O) groups is 1. The zero-order valence-electron chi connectivity index (χ0n) is 15.5. The molecule has 1 aliphatic rings. The van der Waals surface area contributed by atoms with Gasteiger partial charge in [-0.1, -0.05) is 17.7 Å². The molecule has 2 aromatic rings. The Labute approximate surface area is 173 Å². The first kappa shape index (κ1) is 20.0. The number of rotatable bonds is 5. The Hall–Kier alpha value is -1.76. The van der Waals surface area contributed by atoms with Gasteiger partial charge in [-0.25, -0.2) is 0 Å². The quantitative estimate of drug-likeness (QED) is 0.739. The Balaban J connectivity index is 1.67. The molecule has 1 N–H and O–H groups in total. The van der Waals surface area contributed by atoms with E-state index in [2.05, 4.69) is 38.1 Å². The number of anilines is 2. The molecule has 0 unspecified atom stereocenters. The van der Waals surface area contributed by atoms with E-state index in [0.717, 1.165) is 41.9 Å². The SMILES string of the molecule is Cc1ccc(OCC(=O)Nc2cc(Cl)ccc2N2CCN(C)CC2)c(Br)c1. The van der Waals surface area contributed by atoms with Gasteiger partial charge in [0.15, 0.2) is 6.61 Å². The molecule has 3 rings (SSSR count). The van der Waals surface area contributed by atoms with Gasteiger partial charge in [0.1, 0.15) is 5.75 Å². The molecule has 27 heavy (non-hydrogen) atoms. The first-order valence-corrected chi connectivity index (χ1v) is 10.0. The van der Waals surface area contributed by atoms with E-state index in [9.17, 15) is 4.79 Å². The van der Waals surface area contributed by atoms with E-state index in [4.69, 9.17) is 16.3 Å². The van der Waals surface area contributed by atoms with Crippen molar-refractivity contribution in [3.05, 3.63) is 51.5 Å². The lowest BCUT2D eigenvalue weighted by molar-refractivity contribution is -0.118. The molecule has 0 radical (unpaired) electrons. The van der Waals surface area contributed by atoms with Crippen molar-refractivity contribution in [2.24, 2.45) is 0 Å². The fraction of sp³-hybridized carbons (Fsp3) is 0.350. The smallest absolute Gasteiger partial charge is 0.262 e. The van der Waals surface area contributed by atoms with Crippen molar-refractivity contribution < 1.29 is 9.53 Å². The zero-order valence-corrected chi connectivity index (χ0v) is 17.8. The maximum atomic E-state index is 12.4. The molecule has 0 bridgehead atoms. The average molecular weight is 453 g/mol. The number of carbonyl (C=O) groups excluding carboxylic acids is 1. The lowest BCUT2D eigenvalue weighted by Crippen LogP contribution is -2.44. The predicted octanol–water partition coefficient (Wildman–Crippen LogP) is 4.18. The van der Waals surface area contributed by atoms with E-state index in [1.807, 2.05) is 37.3 Å². The summed E-state index contributed by atoms with van der Waals surface area (Å²) in [6.45, 7) is 5.72. The number of hydrogen-bond acceptors (Lipinski definition) is 4. The number of piperazine rings is 1. The largest absolute Gasteiger partial charge is 0.483 e. The number of nitrogens with zero attached hydrogens (tertiary/aromatic N) is 2. The minimum absolute atomic E-state index is 0.0731. The normalized spacial score (nSPS) is 14.9. The second-order valence-corrected chi connectivity index (χ2v) is 8.01. The lowest BCUT2D eigenvalue weighted by Gasteiger charge is -2.35. The fourth-order valence-electron chi connectivity index (χ4n) is 2.98. The summed E-state index contributed by atoms with van der Waals surface area (Å²) in [7, 11) is 2.11. The Bertz CT molecular complexity index is 823. The summed E-state index contributed by atoms with van der Waals surface area (Å²) in [4.78, 5) is 17.0. The van der Waals surface area contributed by atoms with Gasteiger partial charge in [0, 0.05) is 31.2 Å². The summed E-state index contributed by atoms with van der Waals surface area (Å²) in [6, 6.07) is 11.3. The minimum atomic E-state index is -0.222. The van der Waals surface area contributed by atoms with Crippen LogP contribution in [-0.2, 0) is 4.79 Å². The van der Waals surface area contributed by atoms with Crippen LogP contribution in [0.25, 0.3) is 0 Å². The first-order valence-electron chi connectivity index (χ1n) is 8.84. The highest BCUT2D eigenvalue weighted by molar-refractivity contribution is 9.10. The van der Waals surface area contributed by atoms with Gasteiger partial charge >= 0.3 is 0 Å². The molecule has 2 aromatic carbocycles. The number of aryl methyl sites for hydroxylation is 1. The predicted molar refractivity (Wildman–Crippen MR) is 114 cm³/mol. The molecule has 7 heteroatoms. The van der Waals surface area contributed by atoms with E-state index in [1.54, 1.807) is 6.07 Å². The highest BCUT2D eigenvalue weighted by atomic mass is 79.9. The molecule has 0 aliphatic carbocycles. The molecule has 1 fully saturated rings. The van der Waals surface area contributed by atoms with E-state index in [-0.39, 0.29) is 12.5 Å². The number of ether oxygens (including phenoxy) is 1. The number of benzene rings is 2. The number of amides is 1. The molecule has 1 aliphatic heterocycles. The molecule has 0 spiro atoms. The van der Waals surface area contributed by atoms with Gasteiger partial charge in [-0.3, -0.25) is 4.79 Å². The van der Waals surface area contributed by atoms with Crippen LogP contribution in [0.3, 0.4) is 0 Å². The van der Waals surface area contributed by atoms with E-state index in [0.29, 0.717) is 16.5 Å². The van der Waals surface area contributed by atoms with Gasteiger partial charge in [0.2, 0.25) is 0 Å². The summed E-state index contributed by atoms with van der Waals surface area (Å²) >= 11 is 9.61. The lowest BCUT2D eigenvalue weighted by atomic mass is 10.2. The van der Waals surface area contributed by atoms with Gasteiger partial charge in [0.25, 0.3) is 5.91 Å². The highest BCUT2D eigenvalue weighted by Crippen LogP contribution is 2.30. The first-order chi connectivity index (χ1) is 12.9. The Morgan fingerprint density at radius 3 is 2.63 bits per heavy atom. The maximum Gasteiger partial charge on any atom is 0.262 e. The molecule has 0 saturated carbocycles. The van der Waals surface area contributed by atoms with Crippen molar-refractivity contribution >= 4 is 44.8 Å². The maximum absolute atomic E-state index is 12.4. The summed E-state index contributed by atoms with van der Waals surface area (Å²) < 4.78 is 6.47. The molecule has 5 nitrogen and oxygen atoms in total. The minimum Gasteiger partial charge on any atom is -0.483 e. The molecule has 0 aromatic heterocycles. The van der Waals surface area contributed by atoms with Crippen LogP contribution in [0.5, 0.6) is 5.75 Å². The van der Waals surface area contributed by atoms with Gasteiger partial charge in [0.05, 0.1) is 15.8 Å². The molecule has 1 amide bonds. The van der Waals surface area contributed by atoms with Crippen molar-refractivity contribution in [1.29, 1.82) is 0 Å². The van der Waals surface area contributed by atoms with Crippen LogP contribution in [0.1, 0.15) is 5.56 Å². The highest BCUT2D eigenvalue weighted by Gasteiger charge is 2.18. The van der Waals surface area contributed by atoms with E-state index < -0.39 is 0 Å². The van der Waals surface area contributed by atoms with Gasteiger partial charge in [-0.05, 0) is 65.8 Å². The van der Waals surface area contributed by atoms with Crippen LogP contribution in [-0.4, -0.2) is 50.6 Å². The Morgan fingerprint density at radius 1 is 1.19 bits per heavy atom. The van der Waals surface area contributed by atoms with Crippen LogP contribution in [0, 0.1) is 6.92 Å². The molecule has 144 valence electrons. The Kier molecular flexibility index (Phi) is 6.63. The van der Waals surface area contributed by atoms with E-state index in [1.165, 1.54) is 0 Å². The number of likely N-dealkylation sites (N-methyl/N-ethyl adjacent to an activating group) is 1. The number of hydrogen-bond donors (Lipinski definition) is 1. The third kappa shape index (κ3) is 5.37. The van der Waals surface area contributed by atoms with Gasteiger partial charge < -0.3 is 19.9 Å². The summed E-state index contributed by atoms with van der Waals surface area (Å²) in [5.41, 5.74) is 2.82. The van der Waals surface area contributed by atoms with Gasteiger partial charge in [-0.15, -0.1) is 0 Å². The third-order valence-electron chi connectivity index (χ3n) is 4.52. The topological polar surface area (TPSA) is 44.8 Å². The van der Waals surface area contributed by atoms with Gasteiger partial charge in [-0.2, -0.15) is 0 Å². The number of halogens is 2. The zero-order chi connectivity index (χ0) is 19.4. The summed E-state index contributed by atoms with van der Waals surface area (Å²) in [6.07, 6.45) is 0. The summed E-state index contributed by atoms with van der Waals surface area (Å²) in [5, 5.41) is 3.53. The summed E-state index contributed by atoms with van der Waals surface area (Å²) in [5.74, 6) is 0.418. The van der Waals surface area contributed by atoms with Crippen molar-refractivity contribution in [2.45, 2.75) is 6.92 Å². The van der Waals surface area contributed by atoms with Crippen LogP contribution >= 0.6 is 27.5 Å². The van der Waals surface area contributed by atoms with Crippen molar-refractivity contribution in [3.8, 4) is 5.75 Å². The van der Waals surface area contributed by atoms with Crippen LogP contribution in [0.2, 0.25) is 5.02 Å². The third-order valence-corrected chi connectivity index (χ3v) is 5.38. The molecule has 1 saturated heterocycles.